The molecule has 0 aliphatic rings. The number of thioether (sulfide) groups is 1. The van der Waals surface area contributed by atoms with Crippen LogP contribution in [0.25, 0.3) is 20.7 Å². The second-order valence-corrected chi connectivity index (χ2v) is 8.09. The van der Waals surface area contributed by atoms with E-state index in [1.807, 2.05) is 36.4 Å². The number of benzene rings is 1. The van der Waals surface area contributed by atoms with Crippen molar-refractivity contribution < 1.29 is 9.53 Å². The minimum Gasteiger partial charge on any atom is -0.462 e. The molecular weight excluding hydrogens is 380 g/mol. The number of allylic oxidation sites excluding steroid dienone is 1. The lowest BCUT2D eigenvalue weighted by atomic mass is 10.2. The zero-order chi connectivity index (χ0) is 19.4. The van der Waals surface area contributed by atoms with Crippen LogP contribution in [0, 0.1) is 0 Å². The predicted molar refractivity (Wildman–Crippen MR) is 111 cm³/mol. The summed E-state index contributed by atoms with van der Waals surface area (Å²) >= 11 is 2.68. The quantitative estimate of drug-likeness (QED) is 0.255. The van der Waals surface area contributed by atoms with Crippen molar-refractivity contribution in [2.75, 3.05) is 5.75 Å². The topological polar surface area (TPSA) is 61.2 Å². The zero-order valence-electron chi connectivity index (χ0n) is 15.2. The van der Waals surface area contributed by atoms with Crippen molar-refractivity contribution in [2.24, 2.45) is 0 Å². The van der Waals surface area contributed by atoms with Gasteiger partial charge in [-0.3, -0.25) is 14.2 Å². The number of thiophene rings is 1. The summed E-state index contributed by atoms with van der Waals surface area (Å²) in [5.74, 6) is -0.227. The summed E-state index contributed by atoms with van der Waals surface area (Å²) in [4.78, 5) is 31.1. The molecule has 5 nitrogen and oxygen atoms in total. The molecule has 2 aromatic heterocycles. The third kappa shape index (κ3) is 4.48. The van der Waals surface area contributed by atoms with Gasteiger partial charge < -0.3 is 4.74 Å². The summed E-state index contributed by atoms with van der Waals surface area (Å²) in [7, 11) is 0. The third-order valence-corrected chi connectivity index (χ3v) is 5.70. The van der Waals surface area contributed by atoms with E-state index in [0.29, 0.717) is 21.9 Å². The number of fused-ring (bicyclic) bond motifs is 1. The van der Waals surface area contributed by atoms with Crippen LogP contribution in [0.3, 0.4) is 0 Å². The van der Waals surface area contributed by atoms with Crippen molar-refractivity contribution in [2.45, 2.75) is 31.7 Å². The highest BCUT2D eigenvalue weighted by molar-refractivity contribution is 7.99. The number of aromatic nitrogens is 2. The molecule has 0 atom stereocenters. The molecule has 3 aromatic rings. The van der Waals surface area contributed by atoms with E-state index >= 15 is 0 Å². The van der Waals surface area contributed by atoms with Gasteiger partial charge in [0.1, 0.15) is 4.83 Å². The minimum atomic E-state index is -0.328. The van der Waals surface area contributed by atoms with Crippen molar-refractivity contribution in [1.29, 1.82) is 0 Å². The molecule has 0 fully saturated rings. The highest BCUT2D eigenvalue weighted by Gasteiger charge is 2.16. The van der Waals surface area contributed by atoms with Crippen molar-refractivity contribution in [3.63, 3.8) is 0 Å². The SMILES string of the molecule is C=CCn1c(SCC(=O)OC(C)C)nc2sc(-c3ccccc3)cc2c1=O. The standard InChI is InChI=1S/C20H20N2O3S2/c1-4-10-22-19(24)15-11-16(14-8-6-5-7-9-14)27-18(15)21-20(22)26-12-17(23)25-13(2)3/h4-9,11,13H,1,10,12H2,2-3H3. The van der Waals surface area contributed by atoms with Gasteiger partial charge >= 0.3 is 5.97 Å². The van der Waals surface area contributed by atoms with Crippen LogP contribution in [0.15, 0.2) is 59.0 Å². The normalized spacial score (nSPS) is 11.1. The summed E-state index contributed by atoms with van der Waals surface area (Å²) in [5.41, 5.74) is 0.919. The molecule has 0 aliphatic carbocycles. The Labute approximate surface area is 165 Å². The van der Waals surface area contributed by atoms with Gasteiger partial charge in [-0.15, -0.1) is 17.9 Å². The highest BCUT2D eigenvalue weighted by Crippen LogP contribution is 2.32. The number of rotatable bonds is 7. The Kier molecular flexibility index (Phi) is 6.13. The first-order chi connectivity index (χ1) is 13.0. The average molecular weight is 401 g/mol. The Balaban J connectivity index is 1.99. The largest absolute Gasteiger partial charge is 0.462 e. The fourth-order valence-corrected chi connectivity index (χ4v) is 4.43. The fraction of sp³-hybridized carbons (Fsp3) is 0.250. The van der Waals surface area contributed by atoms with Crippen molar-refractivity contribution in [3.8, 4) is 10.4 Å². The van der Waals surface area contributed by atoms with Crippen LogP contribution in [0.4, 0.5) is 0 Å². The summed E-state index contributed by atoms with van der Waals surface area (Å²) in [6, 6.07) is 11.8. The predicted octanol–water partition coefficient (Wildman–Crippen LogP) is 4.35. The first-order valence-corrected chi connectivity index (χ1v) is 10.3. The summed E-state index contributed by atoms with van der Waals surface area (Å²) in [6.45, 7) is 7.66. The van der Waals surface area contributed by atoms with Crippen LogP contribution < -0.4 is 5.56 Å². The van der Waals surface area contributed by atoms with Gasteiger partial charge in [-0.05, 0) is 25.5 Å². The molecule has 0 amide bonds. The van der Waals surface area contributed by atoms with Gasteiger partial charge in [-0.2, -0.15) is 0 Å². The van der Waals surface area contributed by atoms with E-state index in [1.54, 1.807) is 24.5 Å². The van der Waals surface area contributed by atoms with E-state index in [2.05, 4.69) is 11.6 Å². The minimum absolute atomic E-state index is 0.101. The lowest BCUT2D eigenvalue weighted by molar-refractivity contribution is -0.144. The monoisotopic (exact) mass is 400 g/mol. The van der Waals surface area contributed by atoms with E-state index in [0.717, 1.165) is 10.4 Å². The molecule has 0 saturated heterocycles. The molecule has 0 N–H and O–H groups in total. The van der Waals surface area contributed by atoms with Crippen LogP contribution in [-0.4, -0.2) is 27.4 Å². The number of carbonyl (C=O) groups excluding carboxylic acids is 1. The zero-order valence-corrected chi connectivity index (χ0v) is 16.8. The smallest absolute Gasteiger partial charge is 0.316 e. The van der Waals surface area contributed by atoms with Gasteiger partial charge in [0.25, 0.3) is 5.56 Å². The van der Waals surface area contributed by atoms with Crippen molar-refractivity contribution in [1.82, 2.24) is 9.55 Å². The maximum atomic E-state index is 13.0. The number of esters is 1. The maximum Gasteiger partial charge on any atom is 0.316 e. The first kappa shape index (κ1) is 19.4. The number of ether oxygens (including phenoxy) is 1. The molecule has 27 heavy (non-hydrogen) atoms. The second-order valence-electron chi connectivity index (χ2n) is 6.12. The molecule has 1 aromatic carbocycles. The van der Waals surface area contributed by atoms with Crippen LogP contribution in [0.1, 0.15) is 13.8 Å². The number of nitrogens with zero attached hydrogens (tertiary/aromatic N) is 2. The van der Waals surface area contributed by atoms with Crippen molar-refractivity contribution >= 4 is 39.3 Å². The molecule has 0 bridgehead atoms. The van der Waals surface area contributed by atoms with Gasteiger partial charge in [-0.1, -0.05) is 48.2 Å². The number of carbonyl (C=O) groups is 1. The van der Waals surface area contributed by atoms with Crippen LogP contribution in [-0.2, 0) is 16.1 Å². The summed E-state index contributed by atoms with van der Waals surface area (Å²) in [5, 5.41) is 1.07. The summed E-state index contributed by atoms with van der Waals surface area (Å²) < 4.78 is 6.70. The molecule has 0 radical (unpaired) electrons. The highest BCUT2D eigenvalue weighted by atomic mass is 32.2. The molecule has 0 aliphatic heterocycles. The Bertz CT molecular complexity index is 1020. The molecule has 0 unspecified atom stereocenters. The van der Waals surface area contributed by atoms with Crippen LogP contribution >= 0.6 is 23.1 Å². The molecule has 7 heteroatoms. The van der Waals surface area contributed by atoms with E-state index < -0.39 is 0 Å². The molecule has 2 heterocycles. The number of hydrogen-bond acceptors (Lipinski definition) is 6. The Hall–Kier alpha value is -2.38. The van der Waals surface area contributed by atoms with Gasteiger partial charge in [0.2, 0.25) is 0 Å². The maximum absolute atomic E-state index is 13.0. The molecule has 0 saturated carbocycles. The fourth-order valence-electron chi connectivity index (χ4n) is 2.56. The molecule has 140 valence electrons. The van der Waals surface area contributed by atoms with E-state index in [-0.39, 0.29) is 23.4 Å². The van der Waals surface area contributed by atoms with Gasteiger partial charge in [-0.25, -0.2) is 4.98 Å². The molecule has 3 rings (SSSR count). The van der Waals surface area contributed by atoms with E-state index in [9.17, 15) is 9.59 Å². The first-order valence-electron chi connectivity index (χ1n) is 8.52. The van der Waals surface area contributed by atoms with E-state index in [4.69, 9.17) is 4.74 Å². The third-order valence-electron chi connectivity index (χ3n) is 3.67. The molecular formula is C20H20N2O3S2. The lowest BCUT2D eigenvalue weighted by Crippen LogP contribution is -2.23. The van der Waals surface area contributed by atoms with Crippen molar-refractivity contribution in [3.05, 3.63) is 59.4 Å². The van der Waals surface area contributed by atoms with Crippen LogP contribution in [0.2, 0.25) is 0 Å². The average Bonchev–Trinajstić information content (AvgIpc) is 3.07. The lowest BCUT2D eigenvalue weighted by Gasteiger charge is -2.10. The van der Waals surface area contributed by atoms with Gasteiger partial charge in [0.05, 0.1) is 17.2 Å². The Morgan fingerprint density at radius 3 is 2.78 bits per heavy atom. The Morgan fingerprint density at radius 2 is 2.11 bits per heavy atom. The second kappa shape index (κ2) is 8.54. The van der Waals surface area contributed by atoms with Crippen LogP contribution in [0.5, 0.6) is 0 Å². The molecule has 0 spiro atoms. The van der Waals surface area contributed by atoms with E-state index in [1.165, 1.54) is 23.1 Å². The summed E-state index contributed by atoms with van der Waals surface area (Å²) in [6.07, 6.45) is 1.48. The van der Waals surface area contributed by atoms with Gasteiger partial charge in [0, 0.05) is 11.4 Å². The van der Waals surface area contributed by atoms with Gasteiger partial charge in [0.15, 0.2) is 5.16 Å². The number of hydrogen-bond donors (Lipinski definition) is 0. The Morgan fingerprint density at radius 1 is 1.37 bits per heavy atom.